The van der Waals surface area contributed by atoms with Crippen LogP contribution in [0.5, 0.6) is 0 Å². The Labute approximate surface area is 143 Å². The lowest BCUT2D eigenvalue weighted by molar-refractivity contribution is -0.124. The van der Waals surface area contributed by atoms with Crippen LogP contribution in [0.15, 0.2) is 18.2 Å². The molecule has 0 radical (unpaired) electrons. The number of hydrogen-bond donors (Lipinski definition) is 1. The fourth-order valence-electron chi connectivity index (χ4n) is 2.51. The van der Waals surface area contributed by atoms with E-state index in [-0.39, 0.29) is 12.0 Å². The first-order valence-electron chi connectivity index (χ1n) is 8.18. The standard InChI is InChI=1S/C18H26N2O4/c1-12(23-5)16(21)19-14-9-8-13-7-6-10-20(15(13)11-14)17(22)24-18(2,3)4/h8-9,11-12H,6-7,10H2,1-5H3,(H,19,21)/t12-/m1/s1. The Morgan fingerprint density at radius 2 is 2.00 bits per heavy atom. The molecule has 1 heterocycles. The molecule has 1 aliphatic heterocycles. The molecule has 0 spiro atoms. The SMILES string of the molecule is CO[C@H](C)C(=O)Nc1ccc2c(c1)N(C(=O)OC(C)(C)C)CCC2. The third-order valence-corrected chi connectivity index (χ3v) is 3.81. The van der Waals surface area contributed by atoms with Crippen molar-refractivity contribution in [3.63, 3.8) is 0 Å². The van der Waals surface area contributed by atoms with Crippen molar-refractivity contribution >= 4 is 23.4 Å². The Kier molecular flexibility index (Phi) is 5.49. The highest BCUT2D eigenvalue weighted by Gasteiger charge is 2.27. The van der Waals surface area contributed by atoms with Crippen LogP contribution >= 0.6 is 0 Å². The lowest BCUT2D eigenvalue weighted by Crippen LogP contribution is -2.39. The quantitative estimate of drug-likeness (QED) is 0.920. The second-order valence-corrected chi connectivity index (χ2v) is 6.95. The van der Waals surface area contributed by atoms with E-state index in [0.717, 1.165) is 24.1 Å². The van der Waals surface area contributed by atoms with E-state index in [1.165, 1.54) is 7.11 Å². The van der Waals surface area contributed by atoms with Crippen LogP contribution in [0.25, 0.3) is 0 Å². The maximum atomic E-state index is 12.5. The molecule has 1 atom stereocenters. The van der Waals surface area contributed by atoms with Crippen LogP contribution in [0.1, 0.15) is 39.7 Å². The second-order valence-electron chi connectivity index (χ2n) is 6.95. The number of amides is 2. The highest BCUT2D eigenvalue weighted by molar-refractivity contribution is 5.96. The number of carbonyl (C=O) groups excluding carboxylic acids is 2. The van der Waals surface area contributed by atoms with Gasteiger partial charge < -0.3 is 14.8 Å². The largest absolute Gasteiger partial charge is 0.443 e. The normalized spacial score (nSPS) is 15.5. The molecular formula is C18H26N2O4. The molecule has 24 heavy (non-hydrogen) atoms. The molecule has 0 saturated carbocycles. The van der Waals surface area contributed by atoms with Crippen LogP contribution in [-0.4, -0.2) is 37.4 Å². The van der Waals surface area contributed by atoms with E-state index in [1.54, 1.807) is 11.8 Å². The smallest absolute Gasteiger partial charge is 0.414 e. The molecule has 6 heteroatoms. The van der Waals surface area contributed by atoms with Gasteiger partial charge in [0.1, 0.15) is 11.7 Å². The van der Waals surface area contributed by atoms with Gasteiger partial charge in [-0.05, 0) is 58.2 Å². The first kappa shape index (κ1) is 18.3. The zero-order valence-electron chi connectivity index (χ0n) is 15.0. The number of nitrogens with one attached hydrogen (secondary N) is 1. The number of anilines is 2. The molecule has 2 rings (SSSR count). The zero-order valence-corrected chi connectivity index (χ0v) is 15.0. The van der Waals surface area contributed by atoms with Crippen molar-refractivity contribution in [3.8, 4) is 0 Å². The van der Waals surface area contributed by atoms with Crippen molar-refractivity contribution < 1.29 is 19.1 Å². The van der Waals surface area contributed by atoms with Gasteiger partial charge in [-0.15, -0.1) is 0 Å². The number of fused-ring (bicyclic) bond motifs is 1. The fourth-order valence-corrected chi connectivity index (χ4v) is 2.51. The van der Waals surface area contributed by atoms with Gasteiger partial charge in [0.25, 0.3) is 5.91 Å². The summed E-state index contributed by atoms with van der Waals surface area (Å²) in [6.07, 6.45) is 0.885. The van der Waals surface area contributed by atoms with Gasteiger partial charge in [-0.3, -0.25) is 9.69 Å². The third kappa shape index (κ3) is 4.47. The summed E-state index contributed by atoms with van der Waals surface area (Å²) in [5, 5.41) is 2.81. The van der Waals surface area contributed by atoms with Crippen molar-refractivity contribution in [2.45, 2.75) is 52.2 Å². The van der Waals surface area contributed by atoms with E-state index in [0.29, 0.717) is 12.2 Å². The van der Waals surface area contributed by atoms with Crippen molar-refractivity contribution in [1.29, 1.82) is 0 Å². The number of methoxy groups -OCH3 is 1. The first-order valence-corrected chi connectivity index (χ1v) is 8.18. The Balaban J connectivity index is 2.23. The molecule has 0 saturated heterocycles. The van der Waals surface area contributed by atoms with E-state index < -0.39 is 11.7 Å². The summed E-state index contributed by atoms with van der Waals surface area (Å²) in [6.45, 7) is 7.82. The van der Waals surface area contributed by atoms with Crippen LogP contribution in [0.2, 0.25) is 0 Å². The molecule has 132 valence electrons. The van der Waals surface area contributed by atoms with Crippen molar-refractivity contribution in [2.24, 2.45) is 0 Å². The molecule has 6 nitrogen and oxygen atoms in total. The summed E-state index contributed by atoms with van der Waals surface area (Å²) < 4.78 is 10.5. The minimum atomic E-state index is -0.547. The van der Waals surface area contributed by atoms with Crippen LogP contribution in [-0.2, 0) is 20.7 Å². The van der Waals surface area contributed by atoms with Gasteiger partial charge in [-0.25, -0.2) is 4.79 Å². The monoisotopic (exact) mass is 334 g/mol. The topological polar surface area (TPSA) is 67.9 Å². The predicted octanol–water partition coefficient (Wildman–Crippen LogP) is 3.35. The number of benzene rings is 1. The number of rotatable bonds is 3. The average molecular weight is 334 g/mol. The van der Waals surface area contributed by atoms with Gasteiger partial charge in [0.2, 0.25) is 0 Å². The lowest BCUT2D eigenvalue weighted by atomic mass is 10.0. The number of nitrogens with zero attached hydrogens (tertiary/aromatic N) is 1. The molecule has 1 aromatic rings. The third-order valence-electron chi connectivity index (χ3n) is 3.81. The average Bonchev–Trinajstić information content (AvgIpc) is 2.51. The van der Waals surface area contributed by atoms with Gasteiger partial charge in [-0.1, -0.05) is 6.07 Å². The first-order chi connectivity index (χ1) is 11.2. The number of aryl methyl sites for hydroxylation is 1. The summed E-state index contributed by atoms with van der Waals surface area (Å²) in [4.78, 5) is 26.1. The van der Waals surface area contributed by atoms with Gasteiger partial charge in [0, 0.05) is 19.3 Å². The van der Waals surface area contributed by atoms with Crippen LogP contribution in [0.3, 0.4) is 0 Å². The maximum absolute atomic E-state index is 12.5. The Morgan fingerprint density at radius 1 is 1.29 bits per heavy atom. The lowest BCUT2D eigenvalue weighted by Gasteiger charge is -2.32. The van der Waals surface area contributed by atoms with Crippen LogP contribution in [0, 0.1) is 0 Å². The van der Waals surface area contributed by atoms with Crippen LogP contribution < -0.4 is 10.2 Å². The minimum absolute atomic E-state index is 0.225. The van der Waals surface area contributed by atoms with Crippen molar-refractivity contribution in [3.05, 3.63) is 23.8 Å². The Hall–Kier alpha value is -2.08. The molecule has 1 aromatic carbocycles. The molecule has 0 aromatic heterocycles. The van der Waals surface area contributed by atoms with Gasteiger partial charge in [0.15, 0.2) is 0 Å². The molecule has 0 bridgehead atoms. The minimum Gasteiger partial charge on any atom is -0.443 e. The highest BCUT2D eigenvalue weighted by atomic mass is 16.6. The van der Waals surface area contributed by atoms with E-state index in [9.17, 15) is 9.59 Å². The second kappa shape index (κ2) is 7.21. The van der Waals surface area contributed by atoms with Gasteiger partial charge >= 0.3 is 6.09 Å². The maximum Gasteiger partial charge on any atom is 0.414 e. The molecule has 1 N–H and O–H groups in total. The van der Waals surface area contributed by atoms with E-state index in [4.69, 9.17) is 9.47 Å². The molecular weight excluding hydrogens is 308 g/mol. The summed E-state index contributed by atoms with van der Waals surface area (Å²) in [6, 6.07) is 5.61. The summed E-state index contributed by atoms with van der Waals surface area (Å²) in [5.74, 6) is -0.225. The summed E-state index contributed by atoms with van der Waals surface area (Å²) >= 11 is 0. The van der Waals surface area contributed by atoms with Crippen LogP contribution in [0.4, 0.5) is 16.2 Å². The zero-order chi connectivity index (χ0) is 17.9. The van der Waals surface area contributed by atoms with E-state index in [2.05, 4.69) is 5.32 Å². The summed E-state index contributed by atoms with van der Waals surface area (Å²) in [7, 11) is 1.49. The molecule has 0 fully saturated rings. The van der Waals surface area contributed by atoms with Crippen molar-refractivity contribution in [2.75, 3.05) is 23.9 Å². The molecule has 1 aliphatic rings. The van der Waals surface area contributed by atoms with Gasteiger partial charge in [-0.2, -0.15) is 0 Å². The molecule has 2 amide bonds. The molecule has 0 unspecified atom stereocenters. The number of hydrogen-bond acceptors (Lipinski definition) is 4. The highest BCUT2D eigenvalue weighted by Crippen LogP contribution is 2.31. The fraction of sp³-hybridized carbons (Fsp3) is 0.556. The van der Waals surface area contributed by atoms with E-state index in [1.807, 2.05) is 39.0 Å². The molecule has 0 aliphatic carbocycles. The van der Waals surface area contributed by atoms with Crippen molar-refractivity contribution in [1.82, 2.24) is 0 Å². The Morgan fingerprint density at radius 3 is 2.62 bits per heavy atom. The number of carbonyl (C=O) groups is 2. The predicted molar refractivity (Wildman–Crippen MR) is 93.4 cm³/mol. The summed E-state index contributed by atoms with van der Waals surface area (Å²) in [5.41, 5.74) is 1.95. The van der Waals surface area contributed by atoms with E-state index >= 15 is 0 Å². The Bertz CT molecular complexity index is 622. The van der Waals surface area contributed by atoms with Gasteiger partial charge in [0.05, 0.1) is 5.69 Å². The number of ether oxygens (including phenoxy) is 2.